The molecule has 33 heavy (non-hydrogen) atoms. The van der Waals surface area contributed by atoms with Crippen molar-refractivity contribution in [3.63, 3.8) is 0 Å². The molecule has 0 saturated heterocycles. The van der Waals surface area contributed by atoms with Crippen LogP contribution < -0.4 is 16.0 Å². The monoisotopic (exact) mass is 459 g/mol. The molecule has 0 aliphatic heterocycles. The minimum atomic E-state index is -0.758. The van der Waals surface area contributed by atoms with Crippen LogP contribution in [-0.2, 0) is 20.8 Å². The van der Waals surface area contributed by atoms with Crippen molar-refractivity contribution in [3.8, 4) is 0 Å². The van der Waals surface area contributed by atoms with Crippen molar-refractivity contribution >= 4 is 23.4 Å². The maximum absolute atomic E-state index is 14.7. The van der Waals surface area contributed by atoms with E-state index in [9.17, 15) is 18.8 Å². The highest BCUT2D eigenvalue weighted by Crippen LogP contribution is 2.30. The van der Waals surface area contributed by atoms with Gasteiger partial charge in [-0.05, 0) is 61.1 Å². The zero-order valence-corrected chi connectivity index (χ0v) is 19.9. The van der Waals surface area contributed by atoms with E-state index in [0.29, 0.717) is 30.4 Å². The normalized spacial score (nSPS) is 21.5. The molecule has 1 aromatic rings. The van der Waals surface area contributed by atoms with E-state index in [4.69, 9.17) is 0 Å². The van der Waals surface area contributed by atoms with Gasteiger partial charge in [-0.2, -0.15) is 0 Å². The summed E-state index contributed by atoms with van der Waals surface area (Å²) in [5, 5.41) is 8.37. The first kappa shape index (κ1) is 25.2. The molecule has 0 bridgehead atoms. The van der Waals surface area contributed by atoms with E-state index < -0.39 is 11.9 Å². The van der Waals surface area contributed by atoms with Crippen molar-refractivity contribution < 1.29 is 18.8 Å². The van der Waals surface area contributed by atoms with Gasteiger partial charge in [0.2, 0.25) is 17.7 Å². The minimum Gasteiger partial charge on any atom is -0.354 e. The van der Waals surface area contributed by atoms with Crippen molar-refractivity contribution in [2.75, 3.05) is 11.9 Å². The van der Waals surface area contributed by atoms with Crippen molar-refractivity contribution in [3.05, 3.63) is 29.6 Å². The zero-order chi connectivity index (χ0) is 23.8. The third kappa shape index (κ3) is 7.83. The van der Waals surface area contributed by atoms with Gasteiger partial charge in [0.15, 0.2) is 0 Å². The number of halogens is 1. The van der Waals surface area contributed by atoms with Crippen molar-refractivity contribution in [2.24, 2.45) is 17.8 Å². The van der Waals surface area contributed by atoms with Crippen LogP contribution in [0.25, 0.3) is 0 Å². The van der Waals surface area contributed by atoms with Crippen molar-refractivity contribution in [1.29, 1.82) is 0 Å². The van der Waals surface area contributed by atoms with Gasteiger partial charge in [0.25, 0.3) is 0 Å². The van der Waals surface area contributed by atoms with Gasteiger partial charge >= 0.3 is 0 Å². The molecule has 6 nitrogen and oxygen atoms in total. The van der Waals surface area contributed by atoms with E-state index in [1.807, 2.05) is 0 Å². The van der Waals surface area contributed by atoms with E-state index in [0.717, 1.165) is 44.4 Å². The molecule has 2 fully saturated rings. The van der Waals surface area contributed by atoms with E-state index in [1.54, 1.807) is 13.0 Å². The standard InChI is InChI=1S/C26H38FN3O3/c1-3-24(31)30-23(26(33)28-16-19-5-4-6-19)14-20-11-12-22(21(27)13-20)29-25(32)15-18-9-7-17(2)8-10-18/h11-13,17-19,23H,3-10,14-16H2,1-2H3,(H,28,33)(H,29,32)(H,30,31)/t17?,18?,23-/m1/s1. The molecule has 182 valence electrons. The Morgan fingerprint density at radius 1 is 1.03 bits per heavy atom. The predicted octanol–water partition coefficient (Wildman–Crippen LogP) is 4.33. The second-order valence-electron chi connectivity index (χ2n) is 9.91. The summed E-state index contributed by atoms with van der Waals surface area (Å²) in [7, 11) is 0. The van der Waals surface area contributed by atoms with Gasteiger partial charge in [-0.25, -0.2) is 4.39 Å². The lowest BCUT2D eigenvalue weighted by molar-refractivity contribution is -0.129. The number of amides is 3. The summed E-state index contributed by atoms with van der Waals surface area (Å²) in [6.07, 6.45) is 8.68. The van der Waals surface area contributed by atoms with E-state index in [1.165, 1.54) is 18.6 Å². The summed E-state index contributed by atoms with van der Waals surface area (Å²) in [5.74, 6) is 0.432. The average molecular weight is 460 g/mol. The van der Waals surface area contributed by atoms with Gasteiger partial charge in [-0.3, -0.25) is 14.4 Å². The van der Waals surface area contributed by atoms with E-state index in [2.05, 4.69) is 22.9 Å². The van der Waals surface area contributed by atoms with Gasteiger partial charge in [0.1, 0.15) is 11.9 Å². The Bertz CT molecular complexity index is 832. The lowest BCUT2D eigenvalue weighted by Gasteiger charge is -2.27. The first-order valence-electron chi connectivity index (χ1n) is 12.5. The van der Waals surface area contributed by atoms with Crippen molar-refractivity contribution in [2.45, 2.75) is 84.1 Å². The fourth-order valence-electron chi connectivity index (χ4n) is 4.59. The largest absolute Gasteiger partial charge is 0.354 e. The molecule has 7 heteroatoms. The lowest BCUT2D eigenvalue weighted by Crippen LogP contribution is -2.49. The Labute approximate surface area is 196 Å². The molecule has 1 aromatic carbocycles. The molecular weight excluding hydrogens is 421 g/mol. The Morgan fingerprint density at radius 3 is 2.36 bits per heavy atom. The molecule has 3 rings (SSSR count). The summed E-state index contributed by atoms with van der Waals surface area (Å²) in [6, 6.07) is 3.82. The molecule has 1 atom stereocenters. The van der Waals surface area contributed by atoms with Gasteiger partial charge in [-0.15, -0.1) is 0 Å². The Morgan fingerprint density at radius 2 is 1.76 bits per heavy atom. The molecule has 0 heterocycles. The summed E-state index contributed by atoms with van der Waals surface area (Å²) in [6.45, 7) is 4.57. The first-order chi connectivity index (χ1) is 15.8. The van der Waals surface area contributed by atoms with Crippen LogP contribution in [0.3, 0.4) is 0 Å². The third-order valence-corrected chi connectivity index (χ3v) is 7.12. The van der Waals surface area contributed by atoms with Gasteiger partial charge in [0.05, 0.1) is 5.69 Å². The minimum absolute atomic E-state index is 0.150. The fraction of sp³-hybridized carbons (Fsp3) is 0.654. The molecule has 0 radical (unpaired) electrons. The number of hydrogen-bond donors (Lipinski definition) is 3. The number of anilines is 1. The van der Waals surface area contributed by atoms with E-state index in [-0.39, 0.29) is 36.3 Å². The van der Waals surface area contributed by atoms with Crippen LogP contribution in [0.5, 0.6) is 0 Å². The number of benzene rings is 1. The molecule has 0 spiro atoms. The number of rotatable bonds is 10. The topological polar surface area (TPSA) is 87.3 Å². The maximum Gasteiger partial charge on any atom is 0.242 e. The lowest BCUT2D eigenvalue weighted by atomic mass is 9.81. The van der Waals surface area contributed by atoms with Crippen LogP contribution in [0.2, 0.25) is 0 Å². The average Bonchev–Trinajstić information content (AvgIpc) is 2.75. The summed E-state index contributed by atoms with van der Waals surface area (Å²) < 4.78 is 14.7. The molecular formula is C26H38FN3O3. The van der Waals surface area contributed by atoms with Crippen LogP contribution in [0.4, 0.5) is 10.1 Å². The molecule has 0 unspecified atom stereocenters. The Hall–Kier alpha value is -2.44. The summed E-state index contributed by atoms with van der Waals surface area (Å²) >= 11 is 0. The molecule has 2 saturated carbocycles. The van der Waals surface area contributed by atoms with Crippen LogP contribution in [-0.4, -0.2) is 30.3 Å². The smallest absolute Gasteiger partial charge is 0.242 e. The van der Waals surface area contributed by atoms with Crippen molar-refractivity contribution in [1.82, 2.24) is 10.6 Å². The Kier molecular flexibility index (Phi) is 9.27. The fourth-order valence-corrected chi connectivity index (χ4v) is 4.59. The first-order valence-corrected chi connectivity index (χ1v) is 12.5. The summed E-state index contributed by atoms with van der Waals surface area (Å²) in [5.41, 5.74) is 0.739. The molecule has 3 N–H and O–H groups in total. The Balaban J connectivity index is 1.56. The molecule has 2 aliphatic carbocycles. The number of carbonyl (C=O) groups excluding carboxylic acids is 3. The highest BCUT2D eigenvalue weighted by molar-refractivity contribution is 5.91. The second kappa shape index (κ2) is 12.1. The molecule has 0 aromatic heterocycles. The highest BCUT2D eigenvalue weighted by atomic mass is 19.1. The van der Waals surface area contributed by atoms with Gasteiger partial charge in [0, 0.05) is 25.8 Å². The second-order valence-corrected chi connectivity index (χ2v) is 9.91. The number of hydrogen-bond acceptors (Lipinski definition) is 3. The zero-order valence-electron chi connectivity index (χ0n) is 19.9. The summed E-state index contributed by atoms with van der Waals surface area (Å²) in [4.78, 5) is 37.0. The highest BCUT2D eigenvalue weighted by Gasteiger charge is 2.24. The SMILES string of the molecule is CCC(=O)N[C@H](Cc1ccc(NC(=O)CC2CCC(C)CC2)c(F)c1)C(=O)NCC1CCC1. The van der Waals surface area contributed by atoms with Crippen LogP contribution >= 0.6 is 0 Å². The maximum atomic E-state index is 14.7. The number of nitrogens with one attached hydrogen (secondary N) is 3. The number of carbonyl (C=O) groups is 3. The predicted molar refractivity (Wildman–Crippen MR) is 127 cm³/mol. The molecule has 2 aliphatic rings. The molecule has 3 amide bonds. The third-order valence-electron chi connectivity index (χ3n) is 7.12. The van der Waals surface area contributed by atoms with E-state index >= 15 is 0 Å². The van der Waals surface area contributed by atoms with Crippen LogP contribution in [0.1, 0.15) is 77.2 Å². The van der Waals surface area contributed by atoms with Crippen LogP contribution in [0, 0.1) is 23.6 Å². The quantitative estimate of drug-likeness (QED) is 0.487. The van der Waals surface area contributed by atoms with Gasteiger partial charge in [-0.1, -0.05) is 39.2 Å². The van der Waals surface area contributed by atoms with Crippen LogP contribution in [0.15, 0.2) is 18.2 Å². The van der Waals surface area contributed by atoms with Gasteiger partial charge < -0.3 is 16.0 Å².